The molecule has 2 atom stereocenters. The first-order valence-corrected chi connectivity index (χ1v) is 6.65. The van der Waals surface area contributed by atoms with Gasteiger partial charge in [-0.05, 0) is 18.9 Å². The monoisotopic (exact) mass is 300 g/mol. The van der Waals surface area contributed by atoms with Crippen molar-refractivity contribution in [2.24, 2.45) is 0 Å². The molecule has 1 aromatic carbocycles. The van der Waals surface area contributed by atoms with Gasteiger partial charge in [-0.3, -0.25) is 0 Å². The van der Waals surface area contributed by atoms with Crippen molar-refractivity contribution >= 4 is 15.9 Å². The van der Waals surface area contributed by atoms with Crippen LogP contribution in [0.4, 0.5) is 0 Å². The van der Waals surface area contributed by atoms with Gasteiger partial charge in [0.1, 0.15) is 11.5 Å². The molecule has 0 amide bonds. The molecule has 2 rings (SSSR count). The largest absolute Gasteiger partial charge is 0.497 e. The van der Waals surface area contributed by atoms with Crippen molar-refractivity contribution in [2.45, 2.75) is 23.8 Å². The molecule has 1 fully saturated rings. The summed E-state index contributed by atoms with van der Waals surface area (Å²) in [5, 5.41) is 0. The molecule has 1 saturated heterocycles. The van der Waals surface area contributed by atoms with Crippen LogP contribution in [0.15, 0.2) is 18.2 Å². The fraction of sp³-hybridized carbons (Fsp3) is 0.538. The van der Waals surface area contributed by atoms with Crippen LogP contribution in [0.25, 0.3) is 0 Å². The van der Waals surface area contributed by atoms with Crippen molar-refractivity contribution in [3.8, 4) is 11.5 Å². The number of hydrogen-bond donors (Lipinski definition) is 0. The Bertz CT molecular complexity index is 375. The molecule has 1 aliphatic rings. The van der Waals surface area contributed by atoms with Crippen LogP contribution in [0.2, 0.25) is 0 Å². The van der Waals surface area contributed by atoms with Gasteiger partial charge < -0.3 is 14.2 Å². The van der Waals surface area contributed by atoms with Crippen molar-refractivity contribution in [1.29, 1.82) is 0 Å². The summed E-state index contributed by atoms with van der Waals surface area (Å²) in [6.45, 7) is 0.852. The van der Waals surface area contributed by atoms with Crippen LogP contribution in [0.1, 0.15) is 23.2 Å². The second-order valence-electron chi connectivity index (χ2n) is 4.06. The fourth-order valence-corrected chi connectivity index (χ4v) is 2.88. The summed E-state index contributed by atoms with van der Waals surface area (Å²) in [5.74, 6) is 1.64. The smallest absolute Gasteiger partial charge is 0.126 e. The van der Waals surface area contributed by atoms with Gasteiger partial charge >= 0.3 is 0 Å². The molecule has 0 saturated carbocycles. The number of hydrogen-bond acceptors (Lipinski definition) is 3. The highest BCUT2D eigenvalue weighted by atomic mass is 79.9. The molecular formula is C13H17BrO3. The van der Waals surface area contributed by atoms with E-state index in [9.17, 15) is 0 Å². The van der Waals surface area contributed by atoms with Crippen molar-refractivity contribution in [1.82, 2.24) is 0 Å². The predicted octanol–water partition coefficient (Wildman–Crippen LogP) is 3.32. The van der Waals surface area contributed by atoms with Crippen molar-refractivity contribution in [3.63, 3.8) is 0 Å². The Kier molecular flexibility index (Phi) is 4.29. The van der Waals surface area contributed by atoms with E-state index in [4.69, 9.17) is 14.2 Å². The molecule has 1 heterocycles. The third-order valence-electron chi connectivity index (χ3n) is 3.03. The van der Waals surface area contributed by atoms with Crippen LogP contribution in [0.5, 0.6) is 11.5 Å². The second kappa shape index (κ2) is 5.74. The molecule has 0 radical (unpaired) electrons. The minimum atomic E-state index is 0.172. The normalized spacial score (nSPS) is 21.2. The Morgan fingerprint density at radius 1 is 1.35 bits per heavy atom. The number of alkyl halides is 1. The lowest BCUT2D eigenvalue weighted by Crippen LogP contribution is -2.13. The van der Waals surface area contributed by atoms with Crippen LogP contribution >= 0.6 is 15.9 Å². The van der Waals surface area contributed by atoms with Gasteiger partial charge in [0.05, 0.1) is 25.2 Å². The SMILES string of the molecule is COc1ccc(C(Br)C2CCCO2)c(OC)c1. The number of halogens is 1. The predicted molar refractivity (Wildman–Crippen MR) is 70.2 cm³/mol. The zero-order valence-corrected chi connectivity index (χ0v) is 11.7. The maximum atomic E-state index is 5.69. The van der Waals surface area contributed by atoms with Crippen molar-refractivity contribution < 1.29 is 14.2 Å². The summed E-state index contributed by atoms with van der Waals surface area (Å²) in [6, 6.07) is 5.87. The van der Waals surface area contributed by atoms with Crippen LogP contribution in [-0.2, 0) is 4.74 Å². The van der Waals surface area contributed by atoms with Gasteiger partial charge in [-0.1, -0.05) is 22.0 Å². The standard InChI is InChI=1S/C13H17BrO3/c1-15-9-5-6-10(12(8-9)16-2)13(14)11-4-3-7-17-11/h5-6,8,11,13H,3-4,7H2,1-2H3. The zero-order valence-electron chi connectivity index (χ0n) is 10.1. The summed E-state index contributed by atoms with van der Waals surface area (Å²) in [4.78, 5) is 0.172. The summed E-state index contributed by atoms with van der Waals surface area (Å²) in [6.07, 6.45) is 2.45. The van der Waals surface area contributed by atoms with Crippen LogP contribution in [0.3, 0.4) is 0 Å². The molecule has 1 aromatic rings. The molecule has 17 heavy (non-hydrogen) atoms. The molecule has 3 nitrogen and oxygen atoms in total. The summed E-state index contributed by atoms with van der Waals surface area (Å²) >= 11 is 3.71. The minimum Gasteiger partial charge on any atom is -0.497 e. The first kappa shape index (κ1) is 12.7. The van der Waals surface area contributed by atoms with E-state index in [1.807, 2.05) is 18.2 Å². The number of benzene rings is 1. The molecule has 0 N–H and O–H groups in total. The third kappa shape index (κ3) is 2.75. The van der Waals surface area contributed by atoms with Gasteiger partial charge in [-0.25, -0.2) is 0 Å². The maximum absolute atomic E-state index is 5.69. The van der Waals surface area contributed by atoms with E-state index in [1.54, 1.807) is 14.2 Å². The maximum Gasteiger partial charge on any atom is 0.126 e. The van der Waals surface area contributed by atoms with Gasteiger partial charge in [0.25, 0.3) is 0 Å². The summed E-state index contributed by atoms with van der Waals surface area (Å²) in [5.41, 5.74) is 1.11. The topological polar surface area (TPSA) is 27.7 Å². The molecule has 0 bridgehead atoms. The van der Waals surface area contributed by atoms with Gasteiger partial charge in [0.15, 0.2) is 0 Å². The first-order chi connectivity index (χ1) is 8.26. The third-order valence-corrected chi connectivity index (χ3v) is 4.11. The molecule has 0 spiro atoms. The van der Waals surface area contributed by atoms with E-state index in [-0.39, 0.29) is 10.9 Å². The molecular weight excluding hydrogens is 284 g/mol. The van der Waals surface area contributed by atoms with Crippen molar-refractivity contribution in [3.05, 3.63) is 23.8 Å². The van der Waals surface area contributed by atoms with Gasteiger partial charge in [-0.2, -0.15) is 0 Å². The molecule has 0 aromatic heterocycles. The van der Waals surface area contributed by atoms with Gasteiger partial charge in [-0.15, -0.1) is 0 Å². The average molecular weight is 301 g/mol. The molecule has 1 aliphatic heterocycles. The van der Waals surface area contributed by atoms with E-state index < -0.39 is 0 Å². The lowest BCUT2D eigenvalue weighted by Gasteiger charge is -2.20. The van der Waals surface area contributed by atoms with Crippen LogP contribution in [0, 0.1) is 0 Å². The minimum absolute atomic E-state index is 0.172. The number of rotatable bonds is 4. The van der Waals surface area contributed by atoms with E-state index in [1.165, 1.54) is 0 Å². The lowest BCUT2D eigenvalue weighted by atomic mass is 10.0. The van der Waals surface area contributed by atoms with E-state index in [0.717, 1.165) is 36.5 Å². The second-order valence-corrected chi connectivity index (χ2v) is 5.05. The highest BCUT2D eigenvalue weighted by Gasteiger charge is 2.27. The lowest BCUT2D eigenvalue weighted by molar-refractivity contribution is 0.110. The number of methoxy groups -OCH3 is 2. The van der Waals surface area contributed by atoms with E-state index >= 15 is 0 Å². The quantitative estimate of drug-likeness (QED) is 0.799. The highest BCUT2D eigenvalue weighted by molar-refractivity contribution is 9.09. The Morgan fingerprint density at radius 2 is 2.18 bits per heavy atom. The molecule has 0 aliphatic carbocycles. The first-order valence-electron chi connectivity index (χ1n) is 5.74. The molecule has 94 valence electrons. The number of ether oxygens (including phenoxy) is 3. The molecule has 2 unspecified atom stereocenters. The van der Waals surface area contributed by atoms with E-state index in [0.29, 0.717) is 0 Å². The highest BCUT2D eigenvalue weighted by Crippen LogP contribution is 2.39. The van der Waals surface area contributed by atoms with Gasteiger partial charge in [0, 0.05) is 18.2 Å². The Morgan fingerprint density at radius 3 is 2.76 bits per heavy atom. The van der Waals surface area contributed by atoms with Crippen molar-refractivity contribution in [2.75, 3.05) is 20.8 Å². The summed E-state index contributed by atoms with van der Waals surface area (Å²) < 4.78 is 16.3. The summed E-state index contributed by atoms with van der Waals surface area (Å²) in [7, 11) is 3.33. The van der Waals surface area contributed by atoms with E-state index in [2.05, 4.69) is 15.9 Å². The fourth-order valence-electron chi connectivity index (χ4n) is 2.08. The molecule has 4 heteroatoms. The Labute approximate surface area is 110 Å². The van der Waals surface area contributed by atoms with Crippen LogP contribution in [-0.4, -0.2) is 26.9 Å². The zero-order chi connectivity index (χ0) is 12.3. The Hall–Kier alpha value is -0.740. The average Bonchev–Trinajstić information content (AvgIpc) is 2.91. The van der Waals surface area contributed by atoms with Crippen LogP contribution < -0.4 is 9.47 Å². The Balaban J connectivity index is 2.23. The van der Waals surface area contributed by atoms with Gasteiger partial charge in [0.2, 0.25) is 0 Å².